The summed E-state index contributed by atoms with van der Waals surface area (Å²) in [4.78, 5) is 14.7. The van der Waals surface area contributed by atoms with Crippen molar-refractivity contribution in [3.63, 3.8) is 0 Å². The van der Waals surface area contributed by atoms with Crippen molar-refractivity contribution in [3.05, 3.63) is 0 Å². The summed E-state index contributed by atoms with van der Waals surface area (Å²) < 4.78 is 5.35. The highest BCUT2D eigenvalue weighted by Gasteiger charge is 2.43. The van der Waals surface area contributed by atoms with Crippen LogP contribution in [0, 0.1) is 17.3 Å². The number of carbonyl (C=O) groups excluding carboxylic acids is 1. The van der Waals surface area contributed by atoms with Gasteiger partial charge in [-0.2, -0.15) is 0 Å². The lowest BCUT2D eigenvalue weighted by atomic mass is 9.65. The largest absolute Gasteiger partial charge is 0.396 e. The van der Waals surface area contributed by atoms with E-state index in [1.807, 2.05) is 0 Å². The van der Waals surface area contributed by atoms with E-state index < -0.39 is 0 Å². The van der Waals surface area contributed by atoms with Crippen LogP contribution in [0.25, 0.3) is 0 Å². The molecule has 3 aliphatic heterocycles. The summed E-state index contributed by atoms with van der Waals surface area (Å²) in [6.07, 6.45) is 4.99. The predicted octanol–water partition coefficient (Wildman–Crippen LogP) is 0.624. The monoisotopic (exact) mass is 296 g/mol. The summed E-state index contributed by atoms with van der Waals surface area (Å²) in [5, 5.41) is 13.0. The Morgan fingerprint density at radius 1 is 1.24 bits per heavy atom. The number of ether oxygens (including phenoxy) is 1. The lowest BCUT2D eigenvalue weighted by Crippen LogP contribution is -2.54. The third-order valence-corrected chi connectivity index (χ3v) is 5.92. The number of carbonyl (C=O) groups is 1. The van der Waals surface area contributed by atoms with E-state index in [1.54, 1.807) is 0 Å². The maximum absolute atomic E-state index is 12.6. The number of nitrogens with one attached hydrogen (secondary N) is 1. The van der Waals surface area contributed by atoms with Crippen LogP contribution in [0.4, 0.5) is 0 Å². The molecule has 3 saturated heterocycles. The SMILES string of the molecule is O=C(C1CCOCC1)N1CCC2(CCNC[C@@H]2CO)CC1. The normalized spacial score (nSPS) is 30.5. The summed E-state index contributed by atoms with van der Waals surface area (Å²) in [6, 6.07) is 0. The molecular weight excluding hydrogens is 268 g/mol. The molecule has 21 heavy (non-hydrogen) atoms. The standard InChI is InChI=1S/C16H28N2O3/c19-12-14-11-17-6-3-16(14)4-7-18(8-5-16)15(20)13-1-9-21-10-2-13/h13-14,17,19H,1-12H2/t14-/m1/s1. The number of rotatable bonds is 2. The van der Waals surface area contributed by atoms with Gasteiger partial charge >= 0.3 is 0 Å². The van der Waals surface area contributed by atoms with Crippen molar-refractivity contribution in [1.29, 1.82) is 0 Å². The second-order valence-corrected chi connectivity index (χ2v) is 6.91. The van der Waals surface area contributed by atoms with E-state index in [9.17, 15) is 9.90 Å². The Balaban J connectivity index is 1.57. The molecule has 0 aliphatic carbocycles. The zero-order valence-electron chi connectivity index (χ0n) is 12.9. The van der Waals surface area contributed by atoms with E-state index in [0.717, 1.165) is 71.5 Å². The van der Waals surface area contributed by atoms with Gasteiger partial charge in [-0.1, -0.05) is 0 Å². The minimum Gasteiger partial charge on any atom is -0.396 e. The number of hydrogen-bond donors (Lipinski definition) is 2. The van der Waals surface area contributed by atoms with E-state index in [1.165, 1.54) is 0 Å². The first kappa shape index (κ1) is 15.3. The molecule has 0 bridgehead atoms. The van der Waals surface area contributed by atoms with Crippen LogP contribution in [-0.4, -0.2) is 61.9 Å². The van der Waals surface area contributed by atoms with Gasteiger partial charge in [-0.15, -0.1) is 0 Å². The molecule has 0 aromatic heterocycles. The van der Waals surface area contributed by atoms with Gasteiger partial charge in [0.25, 0.3) is 0 Å². The Morgan fingerprint density at radius 3 is 2.62 bits per heavy atom. The Labute approximate surface area is 127 Å². The maximum atomic E-state index is 12.6. The lowest BCUT2D eigenvalue weighted by molar-refractivity contribution is -0.142. The predicted molar refractivity (Wildman–Crippen MR) is 79.9 cm³/mol. The first-order valence-corrected chi connectivity index (χ1v) is 8.43. The molecule has 2 N–H and O–H groups in total. The lowest BCUT2D eigenvalue weighted by Gasteiger charge is -2.49. The van der Waals surface area contributed by atoms with Crippen molar-refractivity contribution in [2.24, 2.45) is 17.3 Å². The van der Waals surface area contributed by atoms with Crippen LogP contribution >= 0.6 is 0 Å². The molecule has 0 aromatic rings. The Kier molecular flexibility index (Phi) is 4.82. The molecule has 3 fully saturated rings. The van der Waals surface area contributed by atoms with Crippen molar-refractivity contribution in [2.75, 3.05) is 46.0 Å². The minimum atomic E-state index is 0.175. The summed E-state index contributed by atoms with van der Waals surface area (Å²) in [5.74, 6) is 0.865. The number of piperidine rings is 2. The van der Waals surface area contributed by atoms with Crippen molar-refractivity contribution in [1.82, 2.24) is 10.2 Å². The summed E-state index contributed by atoms with van der Waals surface area (Å²) in [6.45, 7) is 5.42. The molecule has 5 heteroatoms. The molecule has 3 heterocycles. The van der Waals surface area contributed by atoms with Gasteiger partial charge in [0, 0.05) is 51.3 Å². The van der Waals surface area contributed by atoms with Crippen molar-refractivity contribution in [2.45, 2.75) is 32.1 Å². The van der Waals surface area contributed by atoms with Gasteiger partial charge in [-0.25, -0.2) is 0 Å². The highest BCUT2D eigenvalue weighted by atomic mass is 16.5. The zero-order chi connectivity index (χ0) is 14.7. The van der Waals surface area contributed by atoms with Gasteiger partial charge in [0.05, 0.1) is 0 Å². The fraction of sp³-hybridized carbons (Fsp3) is 0.938. The summed E-state index contributed by atoms with van der Waals surface area (Å²) in [7, 11) is 0. The van der Waals surface area contributed by atoms with E-state index in [4.69, 9.17) is 4.74 Å². The van der Waals surface area contributed by atoms with Gasteiger partial charge in [-0.05, 0) is 44.1 Å². The number of amides is 1. The van der Waals surface area contributed by atoms with Crippen molar-refractivity contribution in [3.8, 4) is 0 Å². The van der Waals surface area contributed by atoms with Gasteiger partial charge in [-0.3, -0.25) is 4.79 Å². The number of nitrogens with zero attached hydrogens (tertiary/aromatic N) is 1. The quantitative estimate of drug-likeness (QED) is 0.784. The summed E-state index contributed by atoms with van der Waals surface area (Å²) >= 11 is 0. The first-order valence-electron chi connectivity index (χ1n) is 8.43. The van der Waals surface area contributed by atoms with E-state index >= 15 is 0 Å². The van der Waals surface area contributed by atoms with E-state index in [0.29, 0.717) is 11.8 Å². The van der Waals surface area contributed by atoms with Crippen LogP contribution in [0.5, 0.6) is 0 Å². The number of aliphatic hydroxyl groups excluding tert-OH is 1. The van der Waals surface area contributed by atoms with Gasteiger partial charge in [0.15, 0.2) is 0 Å². The second kappa shape index (κ2) is 6.63. The number of likely N-dealkylation sites (tertiary alicyclic amines) is 1. The maximum Gasteiger partial charge on any atom is 0.225 e. The number of hydrogen-bond acceptors (Lipinski definition) is 4. The van der Waals surface area contributed by atoms with Crippen LogP contribution in [-0.2, 0) is 9.53 Å². The van der Waals surface area contributed by atoms with Gasteiger partial charge < -0.3 is 20.1 Å². The minimum absolute atomic E-state index is 0.175. The average Bonchev–Trinajstić information content (AvgIpc) is 2.56. The highest BCUT2D eigenvalue weighted by molar-refractivity contribution is 5.79. The van der Waals surface area contributed by atoms with Crippen LogP contribution in [0.15, 0.2) is 0 Å². The Morgan fingerprint density at radius 2 is 1.95 bits per heavy atom. The Hall–Kier alpha value is -0.650. The van der Waals surface area contributed by atoms with Crippen molar-refractivity contribution >= 4 is 5.91 Å². The molecule has 0 unspecified atom stereocenters. The van der Waals surface area contributed by atoms with Crippen LogP contribution in [0.2, 0.25) is 0 Å². The molecule has 3 aliphatic rings. The van der Waals surface area contributed by atoms with Gasteiger partial charge in [0.1, 0.15) is 0 Å². The fourth-order valence-corrected chi connectivity index (χ4v) is 4.33. The molecule has 1 spiro atoms. The zero-order valence-corrected chi connectivity index (χ0v) is 12.9. The van der Waals surface area contributed by atoms with Crippen LogP contribution in [0.1, 0.15) is 32.1 Å². The van der Waals surface area contributed by atoms with Gasteiger partial charge in [0.2, 0.25) is 5.91 Å². The average molecular weight is 296 g/mol. The molecule has 0 saturated carbocycles. The Bertz CT molecular complexity index is 361. The second-order valence-electron chi connectivity index (χ2n) is 6.91. The molecular formula is C16H28N2O3. The first-order chi connectivity index (χ1) is 10.2. The van der Waals surface area contributed by atoms with E-state index in [2.05, 4.69) is 10.2 Å². The van der Waals surface area contributed by atoms with Crippen molar-refractivity contribution < 1.29 is 14.6 Å². The fourth-order valence-electron chi connectivity index (χ4n) is 4.33. The highest BCUT2D eigenvalue weighted by Crippen LogP contribution is 2.43. The molecule has 120 valence electrons. The van der Waals surface area contributed by atoms with E-state index in [-0.39, 0.29) is 17.9 Å². The summed E-state index contributed by atoms with van der Waals surface area (Å²) in [5.41, 5.74) is 0.256. The molecule has 0 aromatic carbocycles. The molecule has 0 radical (unpaired) electrons. The number of aliphatic hydroxyl groups is 1. The van der Waals surface area contributed by atoms with Crippen LogP contribution < -0.4 is 5.32 Å². The molecule has 5 nitrogen and oxygen atoms in total. The molecule has 1 amide bonds. The topological polar surface area (TPSA) is 61.8 Å². The van der Waals surface area contributed by atoms with Crippen LogP contribution in [0.3, 0.4) is 0 Å². The molecule has 1 atom stereocenters. The third-order valence-electron chi connectivity index (χ3n) is 5.92. The molecule has 3 rings (SSSR count). The smallest absolute Gasteiger partial charge is 0.225 e. The third kappa shape index (κ3) is 3.10.